The number of nitrogens with zero attached hydrogens (tertiary/aromatic N) is 3. The van der Waals surface area contributed by atoms with Crippen LogP contribution >= 0.6 is 11.3 Å². The van der Waals surface area contributed by atoms with Gasteiger partial charge in [0.15, 0.2) is 0 Å². The van der Waals surface area contributed by atoms with Crippen LogP contribution in [0.3, 0.4) is 0 Å². The highest BCUT2D eigenvalue weighted by Crippen LogP contribution is 2.33. The number of aromatic nitrogens is 2. The number of rotatable bonds is 6. The van der Waals surface area contributed by atoms with Crippen molar-refractivity contribution < 1.29 is 9.53 Å². The number of piperazine rings is 1. The summed E-state index contributed by atoms with van der Waals surface area (Å²) in [5.41, 5.74) is 2.80. The van der Waals surface area contributed by atoms with Gasteiger partial charge in [0, 0.05) is 35.8 Å². The van der Waals surface area contributed by atoms with Crippen LogP contribution < -0.4 is 20.7 Å². The van der Waals surface area contributed by atoms with E-state index in [9.17, 15) is 4.79 Å². The van der Waals surface area contributed by atoms with Gasteiger partial charge in [-0.2, -0.15) is 0 Å². The number of anilines is 1. The zero-order chi connectivity index (χ0) is 24.4. The van der Waals surface area contributed by atoms with Crippen molar-refractivity contribution in [1.29, 1.82) is 0 Å². The van der Waals surface area contributed by atoms with Crippen LogP contribution in [0.4, 0.5) is 5.69 Å². The van der Waals surface area contributed by atoms with E-state index in [0.29, 0.717) is 0 Å². The van der Waals surface area contributed by atoms with Crippen LogP contribution in [0.15, 0.2) is 36.0 Å². The summed E-state index contributed by atoms with van der Waals surface area (Å²) in [5.74, 6) is 0.773. The van der Waals surface area contributed by atoms with E-state index in [-0.39, 0.29) is 36.7 Å². The molecule has 0 saturated carbocycles. The topological polar surface area (TPSA) is 91.4 Å². The van der Waals surface area contributed by atoms with Gasteiger partial charge in [-0.3, -0.25) is 9.69 Å². The first-order valence-corrected chi connectivity index (χ1v) is 13.3. The van der Waals surface area contributed by atoms with Crippen molar-refractivity contribution >= 4 is 33.1 Å². The lowest BCUT2D eigenvalue weighted by atomic mass is 9.97. The molecule has 1 aromatic carbocycles. The molecule has 1 unspecified atom stereocenters. The van der Waals surface area contributed by atoms with Gasteiger partial charge in [0.05, 0.1) is 18.3 Å². The first-order chi connectivity index (χ1) is 17.0. The number of aryl methyl sites for hydroxylation is 1. The summed E-state index contributed by atoms with van der Waals surface area (Å²) in [6.07, 6.45) is 3.84. The lowest BCUT2D eigenvalue weighted by Gasteiger charge is -2.43. The van der Waals surface area contributed by atoms with Crippen molar-refractivity contribution in [3.8, 4) is 5.75 Å². The molecule has 3 N–H and O–H groups in total. The molecular weight excluding hydrogens is 460 g/mol. The number of carbonyl (C=O) groups excluding carboxylic acids is 1. The van der Waals surface area contributed by atoms with Gasteiger partial charge in [-0.1, -0.05) is 6.07 Å². The molecule has 0 aliphatic carbocycles. The molecule has 0 spiro atoms. The number of ether oxygens (including phenoxy) is 1. The fourth-order valence-electron chi connectivity index (χ4n) is 5.28. The van der Waals surface area contributed by atoms with Crippen LogP contribution in [0.1, 0.15) is 44.0 Å². The van der Waals surface area contributed by atoms with Crippen LogP contribution in [-0.4, -0.2) is 65.1 Å². The largest absolute Gasteiger partial charge is 0.490 e. The molecule has 3 atom stereocenters. The molecule has 4 heterocycles. The Labute approximate surface area is 210 Å². The van der Waals surface area contributed by atoms with Crippen molar-refractivity contribution in [2.45, 2.75) is 57.8 Å². The number of carbonyl (C=O) groups is 1. The van der Waals surface area contributed by atoms with Crippen molar-refractivity contribution in [1.82, 2.24) is 25.5 Å². The molecule has 2 aliphatic rings. The zero-order valence-electron chi connectivity index (χ0n) is 20.6. The number of fused-ring (bicyclic) bond motifs is 1. The molecule has 9 heteroatoms. The number of hydrogen-bond donors (Lipinski definition) is 3. The molecule has 2 aromatic heterocycles. The second kappa shape index (κ2) is 10.6. The molecule has 1 amide bonds. The third-order valence-electron chi connectivity index (χ3n) is 6.91. The molecule has 3 aromatic rings. The first kappa shape index (κ1) is 24.1. The molecular formula is C26H34N6O2S. The Balaban J connectivity index is 1.32. The summed E-state index contributed by atoms with van der Waals surface area (Å²) >= 11 is 1.61. The van der Waals surface area contributed by atoms with Gasteiger partial charge >= 0.3 is 0 Å². The lowest BCUT2D eigenvalue weighted by molar-refractivity contribution is -0.118. The van der Waals surface area contributed by atoms with E-state index in [1.54, 1.807) is 17.7 Å². The minimum atomic E-state index is -0.0333. The van der Waals surface area contributed by atoms with E-state index < -0.39 is 0 Å². The summed E-state index contributed by atoms with van der Waals surface area (Å²) in [4.78, 5) is 25.6. The van der Waals surface area contributed by atoms with Crippen LogP contribution in [-0.2, 0) is 4.79 Å². The maximum atomic E-state index is 13.3. The third kappa shape index (κ3) is 5.48. The quantitative estimate of drug-likeness (QED) is 0.483. The molecule has 2 fully saturated rings. The lowest BCUT2D eigenvalue weighted by Crippen LogP contribution is -2.57. The second-order valence-corrected chi connectivity index (χ2v) is 10.6. The summed E-state index contributed by atoms with van der Waals surface area (Å²) in [5, 5.41) is 13.3. The highest BCUT2D eigenvalue weighted by molar-refractivity contribution is 7.16. The van der Waals surface area contributed by atoms with Crippen molar-refractivity contribution in [3.05, 3.63) is 47.2 Å². The summed E-state index contributed by atoms with van der Waals surface area (Å²) in [7, 11) is 0. The van der Waals surface area contributed by atoms with E-state index in [2.05, 4.69) is 50.7 Å². The fraction of sp³-hybridized carbons (Fsp3) is 0.500. The number of benzene rings is 1. The Morgan fingerprint density at radius 3 is 2.89 bits per heavy atom. The van der Waals surface area contributed by atoms with Crippen LogP contribution in [0.25, 0.3) is 10.2 Å². The number of hydrogen-bond acceptors (Lipinski definition) is 8. The number of thiophene rings is 1. The first-order valence-electron chi connectivity index (χ1n) is 12.4. The molecule has 5 rings (SSSR count). The predicted molar refractivity (Wildman–Crippen MR) is 140 cm³/mol. The van der Waals surface area contributed by atoms with Gasteiger partial charge in [-0.05, 0) is 69.8 Å². The average Bonchev–Trinajstić information content (AvgIpc) is 3.31. The standard InChI is InChI=1S/C26H34N6O2S/c1-16-4-5-20(34-19-6-9-27-10-7-19)12-22(16)31-23(33)14-32-13-17(2)30-18(3)25(32)24-21-8-11-35-26(21)29-15-28-24/h4-5,8,11-12,15,17-19,25,27,30H,6-7,9-10,13-14H2,1-3H3,(H,31,33)/t17?,18-,25-/m0/s1. The van der Waals surface area contributed by atoms with E-state index in [0.717, 1.165) is 65.4 Å². The van der Waals surface area contributed by atoms with E-state index >= 15 is 0 Å². The molecule has 186 valence electrons. The fourth-order valence-corrected chi connectivity index (χ4v) is 6.02. The van der Waals surface area contributed by atoms with Crippen molar-refractivity contribution in [2.24, 2.45) is 0 Å². The molecule has 0 bridgehead atoms. The van der Waals surface area contributed by atoms with Gasteiger partial charge < -0.3 is 20.7 Å². The van der Waals surface area contributed by atoms with Gasteiger partial charge in [-0.15, -0.1) is 11.3 Å². The Kier molecular flexibility index (Phi) is 7.29. The molecule has 2 saturated heterocycles. The van der Waals surface area contributed by atoms with Crippen LogP contribution in [0.2, 0.25) is 0 Å². The summed E-state index contributed by atoms with van der Waals surface area (Å²) in [6, 6.07) is 8.44. The SMILES string of the molecule is Cc1ccc(OC2CCNCC2)cc1NC(=O)CN1CC(C)N[C@@H](C)[C@H]1c1ncnc2sccc12. The zero-order valence-corrected chi connectivity index (χ0v) is 21.4. The van der Waals surface area contributed by atoms with Crippen LogP contribution in [0.5, 0.6) is 5.75 Å². The smallest absolute Gasteiger partial charge is 0.238 e. The second-order valence-electron chi connectivity index (χ2n) is 9.72. The molecule has 35 heavy (non-hydrogen) atoms. The number of amides is 1. The minimum Gasteiger partial charge on any atom is -0.490 e. The van der Waals surface area contributed by atoms with Gasteiger partial charge in [-0.25, -0.2) is 9.97 Å². The normalized spacial score (nSPS) is 23.9. The molecule has 8 nitrogen and oxygen atoms in total. The molecule has 0 radical (unpaired) electrons. The third-order valence-corrected chi connectivity index (χ3v) is 7.73. The van der Waals surface area contributed by atoms with Crippen molar-refractivity contribution in [2.75, 3.05) is 31.5 Å². The summed E-state index contributed by atoms with van der Waals surface area (Å²) < 4.78 is 6.20. The number of piperidine rings is 1. The van der Waals surface area contributed by atoms with Crippen molar-refractivity contribution in [3.63, 3.8) is 0 Å². The monoisotopic (exact) mass is 494 g/mol. The van der Waals surface area contributed by atoms with E-state index in [1.807, 2.05) is 30.5 Å². The Morgan fingerprint density at radius 1 is 1.23 bits per heavy atom. The summed E-state index contributed by atoms with van der Waals surface area (Å²) in [6.45, 7) is 9.34. The Morgan fingerprint density at radius 2 is 2.06 bits per heavy atom. The number of nitrogens with one attached hydrogen (secondary N) is 3. The highest BCUT2D eigenvalue weighted by Gasteiger charge is 2.36. The van der Waals surface area contributed by atoms with Gasteiger partial charge in [0.1, 0.15) is 23.0 Å². The van der Waals surface area contributed by atoms with Gasteiger partial charge in [0.2, 0.25) is 5.91 Å². The maximum absolute atomic E-state index is 13.3. The van der Waals surface area contributed by atoms with Crippen LogP contribution in [0, 0.1) is 6.92 Å². The molecule has 2 aliphatic heterocycles. The Hall–Kier alpha value is -2.59. The average molecular weight is 495 g/mol. The van der Waals surface area contributed by atoms with E-state index in [4.69, 9.17) is 4.74 Å². The minimum absolute atomic E-state index is 0.0206. The maximum Gasteiger partial charge on any atom is 0.238 e. The Bertz CT molecular complexity index is 1180. The highest BCUT2D eigenvalue weighted by atomic mass is 32.1. The van der Waals surface area contributed by atoms with E-state index in [1.165, 1.54) is 0 Å². The predicted octanol–water partition coefficient (Wildman–Crippen LogP) is 3.49. The van der Waals surface area contributed by atoms with Gasteiger partial charge in [0.25, 0.3) is 0 Å².